The summed E-state index contributed by atoms with van der Waals surface area (Å²) in [5, 5.41) is 10.6. The van der Waals surface area contributed by atoms with Crippen LogP contribution in [-0.2, 0) is 0 Å². The average Bonchev–Trinajstić information content (AvgIpc) is 2.58. The Balaban J connectivity index is 2.26. The number of aromatic nitrogens is 2. The molecule has 0 aliphatic carbocycles. The van der Waals surface area contributed by atoms with E-state index in [1.54, 1.807) is 37.3 Å². The summed E-state index contributed by atoms with van der Waals surface area (Å²) in [6, 6.07) is 12.7. The number of hydrogen-bond acceptors (Lipinski definition) is 4. The van der Waals surface area contributed by atoms with Gasteiger partial charge in [-0.25, -0.2) is 18.7 Å². The third-order valence-electron chi connectivity index (χ3n) is 3.94. The standard InChI is InChI=1S/C19H16FN3O3/c1-11-7-3-6-10-15(11)23-18(25)16(17(24)22-19(23)26)12(2)21-14-9-5-4-8-13(14)20/h3-10,25H,1-2H3,(H,22,24,26). The lowest BCUT2D eigenvalue weighted by Gasteiger charge is -2.13. The SMILES string of the molecule is CC(=Nc1ccccc1F)c1c(O)n(-c2ccccc2C)c(=O)[nH]c1=O. The zero-order valence-corrected chi connectivity index (χ0v) is 14.2. The van der Waals surface area contributed by atoms with E-state index in [2.05, 4.69) is 9.98 Å². The van der Waals surface area contributed by atoms with Crippen LogP contribution in [-0.4, -0.2) is 20.4 Å². The molecule has 0 amide bonds. The molecule has 3 rings (SSSR count). The van der Waals surface area contributed by atoms with Gasteiger partial charge >= 0.3 is 5.69 Å². The molecule has 1 aromatic heterocycles. The van der Waals surface area contributed by atoms with Gasteiger partial charge in [-0.1, -0.05) is 30.3 Å². The van der Waals surface area contributed by atoms with Gasteiger partial charge < -0.3 is 5.11 Å². The zero-order valence-electron chi connectivity index (χ0n) is 14.2. The highest BCUT2D eigenvalue weighted by Crippen LogP contribution is 2.22. The molecule has 0 spiro atoms. The maximum atomic E-state index is 13.8. The number of rotatable bonds is 3. The van der Waals surface area contributed by atoms with Crippen LogP contribution >= 0.6 is 0 Å². The third kappa shape index (κ3) is 3.06. The van der Waals surface area contributed by atoms with Gasteiger partial charge in [0.05, 0.1) is 17.1 Å². The molecule has 6 nitrogen and oxygen atoms in total. The summed E-state index contributed by atoms with van der Waals surface area (Å²) in [6.07, 6.45) is 0. The molecule has 0 unspecified atom stereocenters. The molecule has 26 heavy (non-hydrogen) atoms. The molecule has 2 aromatic carbocycles. The number of nitrogens with zero attached hydrogens (tertiary/aromatic N) is 2. The van der Waals surface area contributed by atoms with Crippen LogP contribution in [0, 0.1) is 12.7 Å². The highest BCUT2D eigenvalue weighted by Gasteiger charge is 2.19. The quantitative estimate of drug-likeness (QED) is 0.710. The van der Waals surface area contributed by atoms with Crippen molar-refractivity contribution < 1.29 is 9.50 Å². The number of H-pyrrole nitrogens is 1. The molecular formula is C19H16FN3O3. The van der Waals surface area contributed by atoms with Crippen molar-refractivity contribution in [2.75, 3.05) is 0 Å². The summed E-state index contributed by atoms with van der Waals surface area (Å²) in [5.41, 5.74) is -0.512. The molecule has 0 aliphatic heterocycles. The summed E-state index contributed by atoms with van der Waals surface area (Å²) >= 11 is 0. The Bertz CT molecular complexity index is 1130. The first-order valence-corrected chi connectivity index (χ1v) is 7.84. The first-order chi connectivity index (χ1) is 12.4. The van der Waals surface area contributed by atoms with E-state index in [0.717, 1.165) is 10.1 Å². The third-order valence-corrected chi connectivity index (χ3v) is 3.94. The van der Waals surface area contributed by atoms with Crippen LogP contribution in [0.25, 0.3) is 5.69 Å². The molecule has 0 fully saturated rings. The van der Waals surface area contributed by atoms with Crippen LogP contribution < -0.4 is 11.2 Å². The summed E-state index contributed by atoms with van der Waals surface area (Å²) in [5.74, 6) is -1.11. The minimum Gasteiger partial charge on any atom is -0.493 e. The monoisotopic (exact) mass is 353 g/mol. The highest BCUT2D eigenvalue weighted by molar-refractivity contribution is 6.01. The second kappa shape index (κ2) is 6.79. The van der Waals surface area contributed by atoms with Gasteiger partial charge in [-0.3, -0.25) is 9.78 Å². The van der Waals surface area contributed by atoms with E-state index < -0.39 is 22.9 Å². The lowest BCUT2D eigenvalue weighted by Crippen LogP contribution is -2.33. The molecule has 0 bridgehead atoms. The van der Waals surface area contributed by atoms with E-state index >= 15 is 0 Å². The van der Waals surface area contributed by atoms with Gasteiger partial charge in [-0.2, -0.15) is 0 Å². The van der Waals surface area contributed by atoms with Crippen molar-refractivity contribution >= 4 is 11.4 Å². The van der Waals surface area contributed by atoms with Crippen molar-refractivity contribution in [1.82, 2.24) is 9.55 Å². The van der Waals surface area contributed by atoms with E-state index in [1.807, 2.05) is 0 Å². The number of para-hydroxylation sites is 2. The van der Waals surface area contributed by atoms with Crippen LogP contribution in [0.4, 0.5) is 10.1 Å². The molecule has 0 atom stereocenters. The maximum Gasteiger partial charge on any atom is 0.335 e. The Hall–Kier alpha value is -3.48. The molecule has 0 aliphatic rings. The van der Waals surface area contributed by atoms with Gasteiger partial charge in [-0.05, 0) is 37.6 Å². The molecule has 2 N–H and O–H groups in total. The van der Waals surface area contributed by atoms with E-state index in [4.69, 9.17) is 0 Å². The molecule has 0 saturated carbocycles. The predicted octanol–water partition coefficient (Wildman–Crippen LogP) is 2.82. The largest absolute Gasteiger partial charge is 0.493 e. The van der Waals surface area contributed by atoms with Crippen LogP contribution in [0.2, 0.25) is 0 Å². The van der Waals surface area contributed by atoms with Crippen LogP contribution in [0.5, 0.6) is 5.88 Å². The number of benzene rings is 2. The van der Waals surface area contributed by atoms with Gasteiger partial charge in [0, 0.05) is 0 Å². The van der Waals surface area contributed by atoms with E-state index in [-0.39, 0.29) is 17.0 Å². The van der Waals surface area contributed by atoms with Crippen LogP contribution in [0.3, 0.4) is 0 Å². The van der Waals surface area contributed by atoms with Gasteiger partial charge in [0.2, 0.25) is 5.88 Å². The normalized spacial score (nSPS) is 11.6. The lowest BCUT2D eigenvalue weighted by molar-refractivity contribution is 0.429. The summed E-state index contributed by atoms with van der Waals surface area (Å²) < 4.78 is 14.8. The van der Waals surface area contributed by atoms with Crippen molar-refractivity contribution in [3.05, 3.63) is 86.3 Å². The molecule has 0 radical (unpaired) electrons. The molecule has 7 heteroatoms. The van der Waals surface area contributed by atoms with Gasteiger partial charge in [0.15, 0.2) is 0 Å². The smallest absolute Gasteiger partial charge is 0.335 e. The number of halogens is 1. The Morgan fingerprint density at radius 3 is 2.46 bits per heavy atom. The van der Waals surface area contributed by atoms with Crippen molar-refractivity contribution in [2.45, 2.75) is 13.8 Å². The summed E-state index contributed by atoms with van der Waals surface area (Å²) in [6.45, 7) is 3.23. The van der Waals surface area contributed by atoms with Crippen LogP contribution in [0.15, 0.2) is 63.1 Å². The second-order valence-corrected chi connectivity index (χ2v) is 5.73. The van der Waals surface area contributed by atoms with Crippen molar-refractivity contribution in [3.8, 4) is 11.6 Å². The number of nitrogens with one attached hydrogen (secondary N) is 1. The predicted molar refractivity (Wildman–Crippen MR) is 97.3 cm³/mol. The van der Waals surface area contributed by atoms with Gasteiger partial charge in [-0.15, -0.1) is 0 Å². The zero-order chi connectivity index (χ0) is 18.8. The number of aromatic hydroxyl groups is 1. The van der Waals surface area contributed by atoms with Crippen molar-refractivity contribution in [1.29, 1.82) is 0 Å². The molecule has 1 heterocycles. The van der Waals surface area contributed by atoms with Crippen LogP contribution in [0.1, 0.15) is 18.1 Å². The average molecular weight is 353 g/mol. The van der Waals surface area contributed by atoms with E-state index in [0.29, 0.717) is 5.69 Å². The number of aliphatic imine (C=N–C) groups is 1. The number of aromatic amines is 1. The lowest BCUT2D eigenvalue weighted by atomic mass is 10.1. The minimum absolute atomic E-state index is 0.0254. The fraction of sp³-hybridized carbons (Fsp3) is 0.105. The van der Waals surface area contributed by atoms with Gasteiger partial charge in [0.25, 0.3) is 5.56 Å². The number of aryl methyl sites for hydroxylation is 1. The number of hydrogen-bond donors (Lipinski definition) is 2. The van der Waals surface area contributed by atoms with E-state index in [9.17, 15) is 19.1 Å². The Labute approximate surface area is 147 Å². The molecule has 0 saturated heterocycles. The Morgan fingerprint density at radius 2 is 1.77 bits per heavy atom. The summed E-state index contributed by atoms with van der Waals surface area (Å²) in [4.78, 5) is 30.7. The fourth-order valence-electron chi connectivity index (χ4n) is 2.67. The minimum atomic E-state index is -0.796. The van der Waals surface area contributed by atoms with Gasteiger partial charge in [0.1, 0.15) is 11.4 Å². The molecular weight excluding hydrogens is 337 g/mol. The second-order valence-electron chi connectivity index (χ2n) is 5.73. The highest BCUT2D eigenvalue weighted by atomic mass is 19.1. The summed E-state index contributed by atoms with van der Waals surface area (Å²) in [7, 11) is 0. The maximum absolute atomic E-state index is 13.8. The molecule has 3 aromatic rings. The Kier molecular flexibility index (Phi) is 4.53. The van der Waals surface area contributed by atoms with Crippen molar-refractivity contribution in [2.24, 2.45) is 4.99 Å². The first kappa shape index (κ1) is 17.3. The first-order valence-electron chi connectivity index (χ1n) is 7.84. The van der Waals surface area contributed by atoms with E-state index in [1.165, 1.54) is 25.1 Å². The fourth-order valence-corrected chi connectivity index (χ4v) is 2.67. The molecule has 132 valence electrons. The Morgan fingerprint density at radius 1 is 1.12 bits per heavy atom. The topological polar surface area (TPSA) is 87.4 Å². The van der Waals surface area contributed by atoms with Crippen molar-refractivity contribution in [3.63, 3.8) is 0 Å².